The third-order valence-corrected chi connectivity index (χ3v) is 1.72. The highest BCUT2D eigenvalue weighted by atomic mass is 16.6. The standard InChI is InChI=1S/C11H16N4O3/c1-7-12-5-8(6-13-7)9(16)14-15-10(17)18-11(2,3)4/h5-6H,1-4H3,(H,14,16)(H,15,17). The van der Waals surface area contributed by atoms with Crippen LogP contribution in [0.15, 0.2) is 12.4 Å². The van der Waals surface area contributed by atoms with Crippen LogP contribution in [0.5, 0.6) is 0 Å². The summed E-state index contributed by atoms with van der Waals surface area (Å²) in [7, 11) is 0. The Morgan fingerprint density at radius 3 is 2.22 bits per heavy atom. The third kappa shape index (κ3) is 4.77. The summed E-state index contributed by atoms with van der Waals surface area (Å²) in [5.41, 5.74) is 3.96. The van der Waals surface area contributed by atoms with Gasteiger partial charge in [0.2, 0.25) is 0 Å². The van der Waals surface area contributed by atoms with Gasteiger partial charge in [-0.15, -0.1) is 0 Å². The van der Waals surface area contributed by atoms with E-state index in [4.69, 9.17) is 4.74 Å². The maximum Gasteiger partial charge on any atom is 0.426 e. The number of hydrogen-bond acceptors (Lipinski definition) is 5. The van der Waals surface area contributed by atoms with Crippen molar-refractivity contribution >= 4 is 12.0 Å². The maximum atomic E-state index is 11.6. The summed E-state index contributed by atoms with van der Waals surface area (Å²) in [6.45, 7) is 6.88. The molecule has 0 saturated carbocycles. The first-order chi connectivity index (χ1) is 8.28. The number of nitrogens with one attached hydrogen (secondary N) is 2. The van der Waals surface area contributed by atoms with Gasteiger partial charge in [0.25, 0.3) is 5.91 Å². The lowest BCUT2D eigenvalue weighted by atomic mass is 10.2. The number of carbonyl (C=O) groups excluding carboxylic acids is 2. The molecule has 0 spiro atoms. The first-order valence-electron chi connectivity index (χ1n) is 5.36. The number of aromatic nitrogens is 2. The predicted molar refractivity (Wildman–Crippen MR) is 63.6 cm³/mol. The number of aryl methyl sites for hydroxylation is 1. The third-order valence-electron chi connectivity index (χ3n) is 1.72. The molecule has 2 amide bonds. The fourth-order valence-electron chi connectivity index (χ4n) is 0.993. The van der Waals surface area contributed by atoms with Crippen LogP contribution in [0.25, 0.3) is 0 Å². The Morgan fingerprint density at radius 2 is 1.72 bits per heavy atom. The van der Waals surface area contributed by atoms with Gasteiger partial charge in [-0.3, -0.25) is 10.2 Å². The van der Waals surface area contributed by atoms with Crippen LogP contribution >= 0.6 is 0 Å². The molecular weight excluding hydrogens is 236 g/mol. The number of carbonyl (C=O) groups is 2. The summed E-state index contributed by atoms with van der Waals surface area (Å²) >= 11 is 0. The lowest BCUT2D eigenvalue weighted by molar-refractivity contribution is 0.0483. The minimum absolute atomic E-state index is 0.247. The first kappa shape index (κ1) is 13.9. The molecule has 1 aromatic heterocycles. The number of ether oxygens (including phenoxy) is 1. The molecule has 1 rings (SSSR count). The molecule has 0 aliphatic rings. The second kappa shape index (κ2) is 5.44. The second-order valence-corrected chi connectivity index (χ2v) is 4.60. The van der Waals surface area contributed by atoms with Crippen molar-refractivity contribution in [3.63, 3.8) is 0 Å². The van der Waals surface area contributed by atoms with Crippen molar-refractivity contribution in [3.05, 3.63) is 23.8 Å². The number of nitrogens with zero attached hydrogens (tertiary/aromatic N) is 2. The van der Waals surface area contributed by atoms with Gasteiger partial charge in [0.05, 0.1) is 5.56 Å². The van der Waals surface area contributed by atoms with Gasteiger partial charge in [-0.05, 0) is 27.7 Å². The highest BCUT2D eigenvalue weighted by molar-refractivity contribution is 5.94. The van der Waals surface area contributed by atoms with E-state index in [0.717, 1.165) is 0 Å². The summed E-state index contributed by atoms with van der Waals surface area (Å²) in [6, 6.07) is 0. The van der Waals surface area contributed by atoms with Gasteiger partial charge >= 0.3 is 6.09 Å². The van der Waals surface area contributed by atoms with Gasteiger partial charge in [0, 0.05) is 12.4 Å². The van der Waals surface area contributed by atoms with E-state index in [9.17, 15) is 9.59 Å². The Balaban J connectivity index is 2.47. The Labute approximate surface area is 105 Å². The minimum atomic E-state index is -0.733. The van der Waals surface area contributed by atoms with E-state index >= 15 is 0 Å². The van der Waals surface area contributed by atoms with Gasteiger partial charge < -0.3 is 4.74 Å². The molecule has 7 nitrogen and oxygen atoms in total. The summed E-state index contributed by atoms with van der Waals surface area (Å²) < 4.78 is 4.95. The number of hydrogen-bond donors (Lipinski definition) is 2. The van der Waals surface area contributed by atoms with Crippen molar-refractivity contribution in [2.45, 2.75) is 33.3 Å². The van der Waals surface area contributed by atoms with E-state index in [0.29, 0.717) is 5.82 Å². The molecule has 0 aromatic carbocycles. The summed E-state index contributed by atoms with van der Waals surface area (Å²) in [5, 5.41) is 0. The Morgan fingerprint density at radius 1 is 1.17 bits per heavy atom. The lowest BCUT2D eigenvalue weighted by Crippen LogP contribution is -2.44. The molecule has 98 valence electrons. The molecule has 0 aliphatic carbocycles. The van der Waals surface area contributed by atoms with Crippen molar-refractivity contribution in [2.75, 3.05) is 0 Å². The smallest absolute Gasteiger partial charge is 0.426 e. The van der Waals surface area contributed by atoms with Crippen LogP contribution in [0, 0.1) is 6.92 Å². The van der Waals surface area contributed by atoms with Gasteiger partial charge in [0.1, 0.15) is 11.4 Å². The van der Waals surface area contributed by atoms with Crippen LogP contribution in [0.3, 0.4) is 0 Å². The molecule has 0 unspecified atom stereocenters. The fourth-order valence-corrected chi connectivity index (χ4v) is 0.993. The van der Waals surface area contributed by atoms with Gasteiger partial charge in [-0.1, -0.05) is 0 Å². The number of rotatable bonds is 1. The molecule has 0 saturated heterocycles. The van der Waals surface area contributed by atoms with Crippen LogP contribution in [-0.2, 0) is 4.74 Å². The van der Waals surface area contributed by atoms with E-state index in [1.807, 2.05) is 0 Å². The van der Waals surface area contributed by atoms with Crippen LogP contribution < -0.4 is 10.9 Å². The average Bonchev–Trinajstić information content (AvgIpc) is 2.24. The van der Waals surface area contributed by atoms with Gasteiger partial charge in [0.15, 0.2) is 0 Å². The molecule has 0 fully saturated rings. The molecule has 7 heteroatoms. The maximum absolute atomic E-state index is 11.6. The molecule has 0 atom stereocenters. The molecule has 2 N–H and O–H groups in total. The highest BCUT2D eigenvalue weighted by Crippen LogP contribution is 2.05. The van der Waals surface area contributed by atoms with Crippen LogP contribution in [0.4, 0.5) is 4.79 Å². The summed E-state index contributed by atoms with van der Waals surface area (Å²) in [5.74, 6) is 0.0486. The van der Waals surface area contributed by atoms with Crippen LogP contribution in [0.2, 0.25) is 0 Å². The zero-order valence-electron chi connectivity index (χ0n) is 10.8. The molecule has 1 heterocycles. The van der Waals surface area contributed by atoms with Crippen LogP contribution in [-0.4, -0.2) is 27.6 Å². The second-order valence-electron chi connectivity index (χ2n) is 4.60. The molecule has 0 radical (unpaired) electrons. The zero-order chi connectivity index (χ0) is 13.8. The van der Waals surface area contributed by atoms with Crippen molar-refractivity contribution in [1.82, 2.24) is 20.8 Å². The summed E-state index contributed by atoms with van der Waals surface area (Å²) in [4.78, 5) is 30.6. The van der Waals surface area contributed by atoms with E-state index in [1.54, 1.807) is 27.7 Å². The van der Waals surface area contributed by atoms with Crippen molar-refractivity contribution in [1.29, 1.82) is 0 Å². The predicted octanol–water partition coefficient (Wildman–Crippen LogP) is 0.955. The van der Waals surface area contributed by atoms with Gasteiger partial charge in [-0.2, -0.15) is 0 Å². The fraction of sp³-hybridized carbons (Fsp3) is 0.455. The highest BCUT2D eigenvalue weighted by Gasteiger charge is 2.16. The van der Waals surface area contributed by atoms with E-state index in [1.165, 1.54) is 12.4 Å². The van der Waals surface area contributed by atoms with Gasteiger partial charge in [-0.25, -0.2) is 20.2 Å². The average molecular weight is 252 g/mol. The molecular formula is C11H16N4O3. The Kier molecular flexibility index (Phi) is 4.19. The largest absolute Gasteiger partial charge is 0.443 e. The topological polar surface area (TPSA) is 93.2 Å². The SMILES string of the molecule is Cc1ncc(C(=O)NNC(=O)OC(C)(C)C)cn1. The summed E-state index contributed by atoms with van der Waals surface area (Å²) in [6.07, 6.45) is 2.01. The molecule has 1 aromatic rings. The number of hydrazine groups is 1. The van der Waals surface area contributed by atoms with Crippen LogP contribution in [0.1, 0.15) is 37.0 Å². The van der Waals surface area contributed by atoms with Crippen molar-refractivity contribution in [2.24, 2.45) is 0 Å². The van der Waals surface area contributed by atoms with E-state index < -0.39 is 17.6 Å². The Hall–Kier alpha value is -2.18. The molecule has 0 bridgehead atoms. The first-order valence-corrected chi connectivity index (χ1v) is 5.36. The normalized spacial score (nSPS) is 10.7. The van der Waals surface area contributed by atoms with E-state index in [2.05, 4.69) is 20.8 Å². The molecule has 18 heavy (non-hydrogen) atoms. The van der Waals surface area contributed by atoms with Crippen molar-refractivity contribution in [3.8, 4) is 0 Å². The van der Waals surface area contributed by atoms with E-state index in [-0.39, 0.29) is 5.56 Å². The van der Waals surface area contributed by atoms with Crippen molar-refractivity contribution < 1.29 is 14.3 Å². The monoisotopic (exact) mass is 252 g/mol. The molecule has 0 aliphatic heterocycles. The lowest BCUT2D eigenvalue weighted by Gasteiger charge is -2.19. The Bertz CT molecular complexity index is 437. The number of amides is 2. The zero-order valence-corrected chi connectivity index (χ0v) is 10.8. The minimum Gasteiger partial charge on any atom is -0.443 e. The quantitative estimate of drug-likeness (QED) is 0.726.